The minimum atomic E-state index is 0.384. The van der Waals surface area contributed by atoms with Gasteiger partial charge in [-0.15, -0.1) is 0 Å². The van der Waals surface area contributed by atoms with Gasteiger partial charge in [-0.3, -0.25) is 0 Å². The number of benzene rings is 1. The first-order chi connectivity index (χ1) is 7.26. The molecule has 0 atom stereocenters. The smallest absolute Gasteiger partial charge is 0.166 e. The molecule has 80 valence electrons. The highest BCUT2D eigenvalue weighted by Crippen LogP contribution is 2.32. The minimum Gasteiger partial charge on any atom is -0.493 e. The van der Waals surface area contributed by atoms with Crippen LogP contribution in [0.4, 0.5) is 0 Å². The molecule has 0 amide bonds. The molecule has 1 aromatic rings. The van der Waals surface area contributed by atoms with E-state index in [2.05, 4.69) is 6.07 Å². The van der Waals surface area contributed by atoms with Gasteiger partial charge in [-0.1, -0.05) is 0 Å². The summed E-state index contributed by atoms with van der Waals surface area (Å²) in [6.45, 7) is 0.384. The number of nitriles is 1. The lowest BCUT2D eigenvalue weighted by Gasteiger charge is -2.12. The van der Waals surface area contributed by atoms with Gasteiger partial charge in [0, 0.05) is 18.7 Å². The second-order valence-corrected chi connectivity index (χ2v) is 2.92. The Hall–Kier alpha value is -1.73. The molecule has 4 heteroatoms. The van der Waals surface area contributed by atoms with E-state index in [9.17, 15) is 0 Å². The quantitative estimate of drug-likeness (QED) is 0.754. The second-order valence-electron chi connectivity index (χ2n) is 2.92. The number of methoxy groups -OCH3 is 3. The van der Waals surface area contributed by atoms with E-state index >= 15 is 0 Å². The van der Waals surface area contributed by atoms with Crippen molar-refractivity contribution in [2.75, 3.05) is 21.3 Å². The van der Waals surface area contributed by atoms with Crippen LogP contribution in [0.1, 0.15) is 11.1 Å². The summed E-state index contributed by atoms with van der Waals surface area (Å²) in [7, 11) is 4.68. The second kappa shape index (κ2) is 5.23. The van der Waals surface area contributed by atoms with Gasteiger partial charge in [0.2, 0.25) is 0 Å². The summed E-state index contributed by atoms with van der Waals surface area (Å²) in [6, 6.07) is 5.42. The van der Waals surface area contributed by atoms with Crippen molar-refractivity contribution in [3.63, 3.8) is 0 Å². The largest absolute Gasteiger partial charge is 0.493 e. The van der Waals surface area contributed by atoms with Crippen LogP contribution in [0, 0.1) is 11.3 Å². The molecule has 4 nitrogen and oxygen atoms in total. The molecule has 0 aliphatic rings. The van der Waals surface area contributed by atoms with Crippen LogP contribution in [0.5, 0.6) is 11.5 Å². The van der Waals surface area contributed by atoms with Gasteiger partial charge in [-0.2, -0.15) is 5.26 Å². The Labute approximate surface area is 89.0 Å². The van der Waals surface area contributed by atoms with Gasteiger partial charge in [0.25, 0.3) is 0 Å². The molecule has 0 heterocycles. The third-order valence-electron chi connectivity index (χ3n) is 1.98. The molecule has 15 heavy (non-hydrogen) atoms. The van der Waals surface area contributed by atoms with Crippen LogP contribution in [-0.4, -0.2) is 21.3 Å². The predicted molar refractivity (Wildman–Crippen MR) is 55.0 cm³/mol. The van der Waals surface area contributed by atoms with Crippen LogP contribution in [-0.2, 0) is 11.3 Å². The molecule has 1 aromatic carbocycles. The predicted octanol–water partition coefficient (Wildman–Crippen LogP) is 1.72. The first-order valence-corrected chi connectivity index (χ1v) is 4.40. The Balaban J connectivity index is 3.27. The SMILES string of the molecule is COCc1cc(C#N)cc(OC)c1OC. The minimum absolute atomic E-state index is 0.384. The van der Waals surface area contributed by atoms with Crippen molar-refractivity contribution in [2.24, 2.45) is 0 Å². The van der Waals surface area contributed by atoms with Crippen LogP contribution in [0.3, 0.4) is 0 Å². The summed E-state index contributed by atoms with van der Waals surface area (Å²) < 4.78 is 15.4. The van der Waals surface area contributed by atoms with Crippen LogP contribution in [0.15, 0.2) is 12.1 Å². The number of rotatable bonds is 4. The lowest BCUT2D eigenvalue weighted by Crippen LogP contribution is -1.98. The maximum atomic E-state index is 8.83. The molecule has 0 spiro atoms. The Kier molecular flexibility index (Phi) is 3.95. The summed E-state index contributed by atoms with van der Waals surface area (Å²) in [5, 5.41) is 8.83. The molecule has 0 aliphatic carbocycles. The Bertz CT molecular complexity index is 382. The van der Waals surface area contributed by atoms with E-state index in [1.165, 1.54) is 7.11 Å². The maximum absolute atomic E-state index is 8.83. The van der Waals surface area contributed by atoms with Crippen LogP contribution in [0.2, 0.25) is 0 Å². The number of nitrogens with zero attached hydrogens (tertiary/aromatic N) is 1. The molecule has 0 aliphatic heterocycles. The van der Waals surface area contributed by atoms with Gasteiger partial charge in [0.15, 0.2) is 11.5 Å². The third-order valence-corrected chi connectivity index (χ3v) is 1.98. The molecule has 0 bridgehead atoms. The van der Waals surface area contributed by atoms with Crippen molar-refractivity contribution in [3.05, 3.63) is 23.3 Å². The summed E-state index contributed by atoms with van der Waals surface area (Å²) >= 11 is 0. The molecule has 0 aromatic heterocycles. The van der Waals surface area contributed by atoms with Crippen molar-refractivity contribution in [1.82, 2.24) is 0 Å². The molecule has 1 rings (SSSR count). The standard InChI is InChI=1S/C11H13NO3/c1-13-7-9-4-8(6-12)5-10(14-2)11(9)15-3/h4-5H,7H2,1-3H3. The average Bonchev–Trinajstić information content (AvgIpc) is 2.28. The molecular formula is C11H13NO3. The molecule has 0 radical (unpaired) electrons. The highest BCUT2D eigenvalue weighted by atomic mass is 16.5. The highest BCUT2D eigenvalue weighted by Gasteiger charge is 2.11. The number of hydrogen-bond donors (Lipinski definition) is 0. The van der Waals surface area contributed by atoms with Crippen molar-refractivity contribution in [3.8, 4) is 17.6 Å². The van der Waals surface area contributed by atoms with Crippen LogP contribution < -0.4 is 9.47 Å². The number of hydrogen-bond acceptors (Lipinski definition) is 4. The Morgan fingerprint density at radius 2 is 1.93 bits per heavy atom. The lowest BCUT2D eigenvalue weighted by molar-refractivity contribution is 0.181. The Morgan fingerprint density at radius 1 is 1.20 bits per heavy atom. The third kappa shape index (κ3) is 2.39. The number of ether oxygens (including phenoxy) is 3. The average molecular weight is 207 g/mol. The van der Waals surface area contributed by atoms with Crippen LogP contribution >= 0.6 is 0 Å². The van der Waals surface area contributed by atoms with Crippen molar-refractivity contribution >= 4 is 0 Å². The summed E-state index contributed by atoms with van der Waals surface area (Å²) in [6.07, 6.45) is 0. The first-order valence-electron chi connectivity index (χ1n) is 4.40. The topological polar surface area (TPSA) is 51.5 Å². The summed E-state index contributed by atoms with van der Waals surface area (Å²) in [5.74, 6) is 1.15. The van der Waals surface area contributed by atoms with E-state index in [0.717, 1.165) is 5.56 Å². The van der Waals surface area contributed by atoms with E-state index in [4.69, 9.17) is 19.5 Å². The summed E-state index contributed by atoms with van der Waals surface area (Å²) in [4.78, 5) is 0. The monoisotopic (exact) mass is 207 g/mol. The van der Waals surface area contributed by atoms with E-state index in [-0.39, 0.29) is 0 Å². The van der Waals surface area contributed by atoms with E-state index < -0.39 is 0 Å². The van der Waals surface area contributed by atoms with Gasteiger partial charge >= 0.3 is 0 Å². The van der Waals surface area contributed by atoms with E-state index in [0.29, 0.717) is 23.7 Å². The fourth-order valence-corrected chi connectivity index (χ4v) is 1.37. The van der Waals surface area contributed by atoms with Crippen LogP contribution in [0.25, 0.3) is 0 Å². The summed E-state index contributed by atoms with van der Waals surface area (Å²) in [5.41, 5.74) is 1.33. The first kappa shape index (κ1) is 11.3. The molecule has 0 N–H and O–H groups in total. The van der Waals surface area contributed by atoms with Gasteiger partial charge in [0.05, 0.1) is 32.5 Å². The molecule has 0 saturated carbocycles. The van der Waals surface area contributed by atoms with Gasteiger partial charge in [-0.05, 0) is 6.07 Å². The van der Waals surface area contributed by atoms with Crippen molar-refractivity contribution in [1.29, 1.82) is 5.26 Å². The fraction of sp³-hybridized carbons (Fsp3) is 0.364. The van der Waals surface area contributed by atoms with E-state index in [1.807, 2.05) is 0 Å². The maximum Gasteiger partial charge on any atom is 0.166 e. The van der Waals surface area contributed by atoms with E-state index in [1.54, 1.807) is 26.4 Å². The lowest BCUT2D eigenvalue weighted by atomic mass is 10.1. The van der Waals surface area contributed by atoms with Crippen molar-refractivity contribution < 1.29 is 14.2 Å². The molecule has 0 saturated heterocycles. The molecule has 0 fully saturated rings. The zero-order valence-corrected chi connectivity index (χ0v) is 9.03. The normalized spacial score (nSPS) is 9.47. The fourth-order valence-electron chi connectivity index (χ4n) is 1.37. The Morgan fingerprint density at radius 3 is 2.40 bits per heavy atom. The highest BCUT2D eigenvalue weighted by molar-refractivity contribution is 5.52. The van der Waals surface area contributed by atoms with Crippen molar-refractivity contribution in [2.45, 2.75) is 6.61 Å². The van der Waals surface area contributed by atoms with Gasteiger partial charge in [0.1, 0.15) is 0 Å². The zero-order chi connectivity index (χ0) is 11.3. The van der Waals surface area contributed by atoms with Gasteiger partial charge in [-0.25, -0.2) is 0 Å². The molecular weight excluding hydrogens is 194 g/mol. The molecule has 0 unspecified atom stereocenters. The zero-order valence-electron chi connectivity index (χ0n) is 9.03. The van der Waals surface area contributed by atoms with Gasteiger partial charge < -0.3 is 14.2 Å².